The van der Waals surface area contributed by atoms with E-state index in [4.69, 9.17) is 0 Å². The molecule has 2 rings (SSSR count). The standard InChI is InChI=1S/C18H26N2O/c1-14-4-9-16(10-5-14)19-18(21)13-8-15-6-11-17(12-7-15)20(2)3/h6-8,11-14,16H,4-5,9-10H2,1-3H3,(H,19,21). The summed E-state index contributed by atoms with van der Waals surface area (Å²) >= 11 is 0. The van der Waals surface area contributed by atoms with Crippen molar-refractivity contribution in [2.75, 3.05) is 19.0 Å². The Balaban J connectivity index is 1.84. The first kappa shape index (κ1) is 15.6. The Bertz CT molecular complexity index is 482. The molecule has 1 N–H and O–H groups in total. The van der Waals surface area contributed by atoms with E-state index in [1.807, 2.05) is 32.3 Å². The van der Waals surface area contributed by atoms with Crippen molar-refractivity contribution < 1.29 is 4.79 Å². The lowest BCUT2D eigenvalue weighted by atomic mass is 9.87. The van der Waals surface area contributed by atoms with Crippen molar-refractivity contribution in [2.45, 2.75) is 38.6 Å². The average molecular weight is 286 g/mol. The number of nitrogens with zero attached hydrogens (tertiary/aromatic N) is 1. The first-order valence-electron chi connectivity index (χ1n) is 7.80. The summed E-state index contributed by atoms with van der Waals surface area (Å²) in [5.41, 5.74) is 2.21. The van der Waals surface area contributed by atoms with Crippen LogP contribution in [-0.4, -0.2) is 26.0 Å². The maximum absolute atomic E-state index is 11.9. The lowest BCUT2D eigenvalue weighted by molar-refractivity contribution is -0.117. The molecule has 3 nitrogen and oxygen atoms in total. The molecule has 1 aromatic carbocycles. The van der Waals surface area contributed by atoms with Gasteiger partial charge in [0.25, 0.3) is 0 Å². The summed E-state index contributed by atoms with van der Waals surface area (Å²) in [6, 6.07) is 8.53. The fourth-order valence-corrected chi connectivity index (χ4v) is 2.71. The van der Waals surface area contributed by atoms with E-state index < -0.39 is 0 Å². The first-order valence-corrected chi connectivity index (χ1v) is 7.80. The van der Waals surface area contributed by atoms with Crippen molar-refractivity contribution in [1.82, 2.24) is 5.32 Å². The molecular weight excluding hydrogens is 260 g/mol. The second-order valence-electron chi connectivity index (χ2n) is 6.28. The summed E-state index contributed by atoms with van der Waals surface area (Å²) < 4.78 is 0. The molecule has 0 atom stereocenters. The van der Waals surface area contributed by atoms with Crippen LogP contribution in [0.25, 0.3) is 6.08 Å². The summed E-state index contributed by atoms with van der Waals surface area (Å²) in [7, 11) is 4.03. The number of hydrogen-bond acceptors (Lipinski definition) is 2. The van der Waals surface area contributed by atoms with Gasteiger partial charge in [-0.05, 0) is 55.4 Å². The first-order chi connectivity index (χ1) is 10.0. The summed E-state index contributed by atoms with van der Waals surface area (Å²) in [6.45, 7) is 2.29. The van der Waals surface area contributed by atoms with Crippen LogP contribution in [0, 0.1) is 5.92 Å². The second-order valence-corrected chi connectivity index (χ2v) is 6.28. The Labute approximate surface area is 128 Å². The number of hydrogen-bond donors (Lipinski definition) is 1. The zero-order valence-electron chi connectivity index (χ0n) is 13.3. The average Bonchev–Trinajstić information content (AvgIpc) is 2.48. The molecule has 1 aromatic rings. The third kappa shape index (κ3) is 4.92. The smallest absolute Gasteiger partial charge is 0.244 e. The third-order valence-corrected chi connectivity index (χ3v) is 4.20. The van der Waals surface area contributed by atoms with Crippen molar-refractivity contribution in [2.24, 2.45) is 5.92 Å². The highest BCUT2D eigenvalue weighted by Crippen LogP contribution is 2.23. The molecular formula is C18H26N2O. The molecule has 21 heavy (non-hydrogen) atoms. The number of rotatable bonds is 4. The number of anilines is 1. The number of carbonyl (C=O) groups excluding carboxylic acids is 1. The summed E-state index contributed by atoms with van der Waals surface area (Å²) in [5.74, 6) is 0.829. The van der Waals surface area contributed by atoms with Crippen molar-refractivity contribution >= 4 is 17.7 Å². The minimum Gasteiger partial charge on any atom is -0.378 e. The van der Waals surface area contributed by atoms with Crippen LogP contribution in [0.15, 0.2) is 30.3 Å². The monoisotopic (exact) mass is 286 g/mol. The van der Waals surface area contributed by atoms with Crippen LogP contribution in [-0.2, 0) is 4.79 Å². The van der Waals surface area contributed by atoms with Gasteiger partial charge in [0, 0.05) is 31.9 Å². The molecule has 0 spiro atoms. The van der Waals surface area contributed by atoms with Gasteiger partial charge in [-0.3, -0.25) is 4.79 Å². The highest BCUT2D eigenvalue weighted by molar-refractivity contribution is 5.91. The number of carbonyl (C=O) groups is 1. The second kappa shape index (κ2) is 7.30. The Hall–Kier alpha value is -1.77. The molecule has 1 fully saturated rings. The van der Waals surface area contributed by atoms with Crippen LogP contribution < -0.4 is 10.2 Å². The highest BCUT2D eigenvalue weighted by atomic mass is 16.1. The van der Waals surface area contributed by atoms with Gasteiger partial charge in [0.2, 0.25) is 5.91 Å². The maximum Gasteiger partial charge on any atom is 0.244 e. The fraction of sp³-hybridized carbons (Fsp3) is 0.500. The molecule has 3 heteroatoms. The molecule has 114 valence electrons. The van der Waals surface area contributed by atoms with Gasteiger partial charge in [0.15, 0.2) is 0 Å². The van der Waals surface area contributed by atoms with Gasteiger partial charge in [-0.1, -0.05) is 19.1 Å². The molecule has 1 aliphatic rings. The van der Waals surface area contributed by atoms with Gasteiger partial charge < -0.3 is 10.2 Å². The van der Waals surface area contributed by atoms with Crippen LogP contribution in [0.4, 0.5) is 5.69 Å². The Morgan fingerprint density at radius 1 is 1.14 bits per heavy atom. The summed E-state index contributed by atoms with van der Waals surface area (Å²) in [6.07, 6.45) is 8.18. The van der Waals surface area contributed by atoms with E-state index >= 15 is 0 Å². The zero-order valence-corrected chi connectivity index (χ0v) is 13.3. The van der Waals surface area contributed by atoms with Gasteiger partial charge in [-0.25, -0.2) is 0 Å². The van der Waals surface area contributed by atoms with Crippen molar-refractivity contribution in [3.63, 3.8) is 0 Å². The van der Waals surface area contributed by atoms with Gasteiger partial charge in [0.05, 0.1) is 0 Å². The van der Waals surface area contributed by atoms with E-state index in [-0.39, 0.29) is 5.91 Å². The van der Waals surface area contributed by atoms with Gasteiger partial charge in [-0.15, -0.1) is 0 Å². The zero-order chi connectivity index (χ0) is 15.2. The van der Waals surface area contributed by atoms with Crippen molar-refractivity contribution in [3.8, 4) is 0 Å². The normalized spacial score (nSPS) is 22.2. The largest absolute Gasteiger partial charge is 0.378 e. The van der Waals surface area contributed by atoms with Crippen molar-refractivity contribution in [1.29, 1.82) is 0 Å². The molecule has 0 radical (unpaired) electrons. The molecule has 0 bridgehead atoms. The molecule has 0 unspecified atom stereocenters. The van der Waals surface area contributed by atoms with E-state index in [0.29, 0.717) is 6.04 Å². The van der Waals surface area contributed by atoms with Gasteiger partial charge >= 0.3 is 0 Å². The predicted molar refractivity (Wildman–Crippen MR) is 89.4 cm³/mol. The number of nitrogens with one attached hydrogen (secondary N) is 1. The van der Waals surface area contributed by atoms with E-state index in [2.05, 4.69) is 29.3 Å². The lowest BCUT2D eigenvalue weighted by Crippen LogP contribution is -2.36. The van der Waals surface area contributed by atoms with Gasteiger partial charge in [-0.2, -0.15) is 0 Å². The van der Waals surface area contributed by atoms with Crippen LogP contribution in [0.5, 0.6) is 0 Å². The predicted octanol–water partition coefficient (Wildman–Crippen LogP) is 3.46. The van der Waals surface area contributed by atoms with Crippen LogP contribution in [0.1, 0.15) is 38.2 Å². The van der Waals surface area contributed by atoms with Crippen LogP contribution >= 0.6 is 0 Å². The Morgan fingerprint density at radius 2 is 1.76 bits per heavy atom. The SMILES string of the molecule is CC1CCC(NC(=O)C=Cc2ccc(N(C)C)cc2)CC1. The van der Waals surface area contributed by atoms with Gasteiger partial charge in [0.1, 0.15) is 0 Å². The van der Waals surface area contributed by atoms with E-state index in [9.17, 15) is 4.79 Å². The molecule has 0 aromatic heterocycles. The van der Waals surface area contributed by atoms with E-state index in [1.54, 1.807) is 6.08 Å². The lowest BCUT2D eigenvalue weighted by Gasteiger charge is -2.26. The molecule has 0 heterocycles. The summed E-state index contributed by atoms with van der Waals surface area (Å²) in [5, 5.41) is 3.11. The minimum absolute atomic E-state index is 0.0197. The van der Waals surface area contributed by atoms with Crippen LogP contribution in [0.2, 0.25) is 0 Å². The third-order valence-electron chi connectivity index (χ3n) is 4.20. The molecule has 1 aliphatic carbocycles. The summed E-state index contributed by atoms with van der Waals surface area (Å²) in [4.78, 5) is 14.0. The Kier molecular flexibility index (Phi) is 5.43. The van der Waals surface area contributed by atoms with Crippen molar-refractivity contribution in [3.05, 3.63) is 35.9 Å². The molecule has 1 saturated carbocycles. The topological polar surface area (TPSA) is 32.3 Å². The quantitative estimate of drug-likeness (QED) is 0.860. The fourth-order valence-electron chi connectivity index (χ4n) is 2.71. The van der Waals surface area contributed by atoms with E-state index in [1.165, 1.54) is 12.8 Å². The molecule has 0 aliphatic heterocycles. The molecule has 0 saturated heterocycles. The highest BCUT2D eigenvalue weighted by Gasteiger charge is 2.18. The number of amides is 1. The Morgan fingerprint density at radius 3 is 2.33 bits per heavy atom. The van der Waals surface area contributed by atoms with E-state index in [0.717, 1.165) is 30.0 Å². The maximum atomic E-state index is 11.9. The number of benzene rings is 1. The molecule has 1 amide bonds. The minimum atomic E-state index is 0.0197. The van der Waals surface area contributed by atoms with Crippen LogP contribution in [0.3, 0.4) is 0 Å².